The number of thiophene rings is 1. The molecule has 0 aliphatic carbocycles. The van der Waals surface area contributed by atoms with Crippen molar-refractivity contribution in [1.29, 1.82) is 0 Å². The van der Waals surface area contributed by atoms with Crippen LogP contribution in [0.3, 0.4) is 0 Å². The number of nitrogens with zero attached hydrogens (tertiary/aromatic N) is 1. The van der Waals surface area contributed by atoms with Gasteiger partial charge in [-0.25, -0.2) is 0 Å². The predicted octanol–water partition coefficient (Wildman–Crippen LogP) is 2.11. The van der Waals surface area contributed by atoms with Gasteiger partial charge in [-0.05, 0) is 19.4 Å². The largest absolute Gasteiger partial charge is 0.425 e. The molecule has 1 aromatic rings. The van der Waals surface area contributed by atoms with E-state index in [4.69, 9.17) is 4.74 Å². The monoisotopic (exact) mass is 388 g/mol. The van der Waals surface area contributed by atoms with Crippen molar-refractivity contribution in [3.63, 3.8) is 0 Å². The Hall–Kier alpha value is -1.62. The number of hydrogen-bond acceptors (Lipinski definition) is 7. The van der Waals surface area contributed by atoms with Gasteiger partial charge in [-0.2, -0.15) is 13.2 Å². The molecule has 3 N–H and O–H groups in total. The highest BCUT2D eigenvalue weighted by atomic mass is 32.1. The molecule has 0 aromatic carbocycles. The summed E-state index contributed by atoms with van der Waals surface area (Å²) in [5, 5.41) is 5.21. The maximum atomic E-state index is 13.2. The molecule has 0 radical (unpaired) electrons. The summed E-state index contributed by atoms with van der Waals surface area (Å²) in [6.07, 6.45) is -1.63. The normalized spacial score (nSPS) is 31.8. The van der Waals surface area contributed by atoms with E-state index in [1.54, 1.807) is 5.01 Å². The molecule has 6 nitrogen and oxygen atoms in total. The predicted molar refractivity (Wildman–Crippen MR) is 89.0 cm³/mol. The molecular formula is C16H19F3N4O2S. The molecule has 0 amide bonds. The van der Waals surface area contributed by atoms with Crippen LogP contribution in [-0.4, -0.2) is 36.5 Å². The molecule has 1 aromatic heterocycles. The molecule has 1 spiro atoms. The Morgan fingerprint density at radius 2 is 2.15 bits per heavy atom. The second-order valence-electron chi connectivity index (χ2n) is 7.02. The van der Waals surface area contributed by atoms with E-state index in [0.29, 0.717) is 29.1 Å². The van der Waals surface area contributed by atoms with Crippen molar-refractivity contribution in [3.8, 4) is 0 Å². The van der Waals surface area contributed by atoms with Crippen LogP contribution in [0.5, 0.6) is 0 Å². The quantitative estimate of drug-likeness (QED) is 0.685. The number of rotatable bonds is 1. The first-order valence-corrected chi connectivity index (χ1v) is 9.10. The number of Topliss-reactive ketones (excluding diaryl/α,β-unsaturated/α-hetero) is 1. The highest BCUT2D eigenvalue weighted by molar-refractivity contribution is 7.12. The molecule has 3 aliphatic heterocycles. The lowest BCUT2D eigenvalue weighted by Crippen LogP contribution is -2.55. The van der Waals surface area contributed by atoms with Crippen LogP contribution in [0.15, 0.2) is 18.0 Å². The van der Waals surface area contributed by atoms with Crippen LogP contribution >= 0.6 is 11.3 Å². The van der Waals surface area contributed by atoms with Crippen molar-refractivity contribution in [1.82, 2.24) is 21.3 Å². The summed E-state index contributed by atoms with van der Waals surface area (Å²) < 4.78 is 45.6. The van der Waals surface area contributed by atoms with Gasteiger partial charge in [0.25, 0.3) is 0 Å². The molecule has 1 fully saturated rings. The third-order valence-electron chi connectivity index (χ3n) is 4.95. The zero-order valence-electron chi connectivity index (χ0n) is 14.2. The van der Waals surface area contributed by atoms with E-state index in [2.05, 4.69) is 16.3 Å². The van der Waals surface area contributed by atoms with E-state index in [-0.39, 0.29) is 30.0 Å². The van der Waals surface area contributed by atoms with Gasteiger partial charge in [0.1, 0.15) is 17.1 Å². The Morgan fingerprint density at radius 3 is 2.81 bits per heavy atom. The summed E-state index contributed by atoms with van der Waals surface area (Å²) in [6.45, 7) is 1.78. The van der Waals surface area contributed by atoms with Crippen molar-refractivity contribution in [2.75, 3.05) is 13.7 Å². The van der Waals surface area contributed by atoms with Crippen LogP contribution in [0.25, 0.3) is 0 Å². The van der Waals surface area contributed by atoms with Crippen LogP contribution in [-0.2, 0) is 16.5 Å². The topological polar surface area (TPSA) is 65.6 Å². The highest BCUT2D eigenvalue weighted by Crippen LogP contribution is 2.49. The summed E-state index contributed by atoms with van der Waals surface area (Å²) in [7, 11) is 1.84. The Balaban J connectivity index is 1.74. The third-order valence-corrected chi connectivity index (χ3v) is 6.31. The minimum atomic E-state index is -4.47. The summed E-state index contributed by atoms with van der Waals surface area (Å²) in [6, 6.07) is 0.866. The van der Waals surface area contributed by atoms with Crippen LogP contribution in [0.4, 0.5) is 13.2 Å². The second kappa shape index (κ2) is 5.95. The number of halogens is 3. The average Bonchev–Trinajstić information content (AvgIpc) is 3.18. The first kappa shape index (κ1) is 17.8. The van der Waals surface area contributed by atoms with Gasteiger partial charge in [-0.3, -0.25) is 9.80 Å². The highest BCUT2D eigenvalue weighted by Gasteiger charge is 2.50. The number of nitrogens with one attached hydrogen (secondary N) is 3. The fourth-order valence-corrected chi connectivity index (χ4v) is 5.10. The van der Waals surface area contributed by atoms with Crippen LogP contribution in [0.1, 0.15) is 39.9 Å². The van der Waals surface area contributed by atoms with Gasteiger partial charge in [0.05, 0.1) is 11.7 Å². The molecule has 0 bridgehead atoms. The summed E-state index contributed by atoms with van der Waals surface area (Å²) in [4.78, 5) is 11.8. The molecule has 10 heteroatoms. The van der Waals surface area contributed by atoms with E-state index in [1.807, 2.05) is 20.2 Å². The fourth-order valence-electron chi connectivity index (χ4n) is 3.90. The molecule has 4 heterocycles. The number of ketones is 1. The minimum Gasteiger partial charge on any atom is -0.361 e. The number of hydrogen-bond donors (Lipinski definition) is 3. The van der Waals surface area contributed by atoms with Crippen molar-refractivity contribution in [2.45, 2.75) is 43.6 Å². The number of carbonyl (C=O) groups is 1. The number of piperidine rings is 1. The van der Waals surface area contributed by atoms with Gasteiger partial charge in [0.15, 0.2) is 5.78 Å². The van der Waals surface area contributed by atoms with E-state index < -0.39 is 16.7 Å². The fraction of sp³-hybridized carbons (Fsp3) is 0.562. The molecule has 3 aliphatic rings. The maximum absolute atomic E-state index is 13.2. The van der Waals surface area contributed by atoms with E-state index in [1.165, 1.54) is 0 Å². The van der Waals surface area contributed by atoms with Gasteiger partial charge < -0.3 is 15.5 Å². The third kappa shape index (κ3) is 2.90. The summed E-state index contributed by atoms with van der Waals surface area (Å²) in [5.41, 5.74) is 6.14. The van der Waals surface area contributed by atoms with E-state index in [0.717, 1.165) is 11.8 Å². The number of carbonyl (C=O) groups excluding carboxylic acids is 1. The number of alkyl halides is 3. The minimum absolute atomic E-state index is 0.0137. The molecule has 142 valence electrons. The lowest BCUT2D eigenvalue weighted by molar-refractivity contribution is -0.134. The van der Waals surface area contributed by atoms with Gasteiger partial charge in [-0.15, -0.1) is 16.9 Å². The lowest BCUT2D eigenvalue weighted by atomic mass is 9.79. The van der Waals surface area contributed by atoms with Crippen molar-refractivity contribution in [2.24, 2.45) is 0 Å². The molecule has 4 rings (SSSR count). The second-order valence-corrected chi connectivity index (χ2v) is 8.07. The van der Waals surface area contributed by atoms with Crippen molar-refractivity contribution >= 4 is 17.1 Å². The Morgan fingerprint density at radius 1 is 1.38 bits per heavy atom. The summed E-state index contributed by atoms with van der Waals surface area (Å²) in [5.74, 6) is -0.389. The van der Waals surface area contributed by atoms with Crippen LogP contribution in [0.2, 0.25) is 0 Å². The average molecular weight is 388 g/mol. The molecule has 26 heavy (non-hydrogen) atoms. The Kier molecular flexibility index (Phi) is 4.07. The van der Waals surface area contributed by atoms with E-state index >= 15 is 0 Å². The number of ether oxygens (including phenoxy) is 1. The van der Waals surface area contributed by atoms with Gasteiger partial charge in [0, 0.05) is 36.2 Å². The first-order chi connectivity index (χ1) is 12.2. The zero-order chi connectivity index (χ0) is 18.7. The molecule has 1 unspecified atom stereocenters. The maximum Gasteiger partial charge on any atom is 0.425 e. The molecule has 3 atom stereocenters. The standard InChI is InChI=1S/C16H19F3N4O2S/c1-8-4-15(5-10(20-8)11-6-23(2)22-21-11)14-9(12(24)7-25-15)3-13(26-14)16(17,18)19/h3,6,8,10,20-22H,4-5,7H2,1-2H3/t8-,10-,15?/m0/s1. The summed E-state index contributed by atoms with van der Waals surface area (Å²) >= 11 is 0.634. The van der Waals surface area contributed by atoms with Crippen LogP contribution in [0, 0.1) is 0 Å². The van der Waals surface area contributed by atoms with Crippen molar-refractivity contribution in [3.05, 3.63) is 33.3 Å². The first-order valence-electron chi connectivity index (χ1n) is 8.29. The Bertz CT molecular complexity index is 778. The Labute approximate surface area is 152 Å². The lowest BCUT2D eigenvalue weighted by Gasteiger charge is -2.45. The molecular weight excluding hydrogens is 369 g/mol. The zero-order valence-corrected chi connectivity index (χ0v) is 15.1. The molecule has 1 saturated heterocycles. The SMILES string of the molecule is C[C@H]1CC2(C[C@@H](C3=CN(C)NN3)N1)OCC(=O)c1cc(C(F)(F)F)sc12. The van der Waals surface area contributed by atoms with Gasteiger partial charge >= 0.3 is 6.18 Å². The van der Waals surface area contributed by atoms with Gasteiger partial charge in [0.2, 0.25) is 0 Å². The van der Waals surface area contributed by atoms with E-state index in [9.17, 15) is 18.0 Å². The number of hydrazine groups is 2. The van der Waals surface area contributed by atoms with Crippen LogP contribution < -0.4 is 16.3 Å². The number of fused-ring (bicyclic) bond motifs is 2. The van der Waals surface area contributed by atoms with Gasteiger partial charge in [-0.1, -0.05) is 0 Å². The molecule has 0 saturated carbocycles. The van der Waals surface area contributed by atoms with Crippen molar-refractivity contribution < 1.29 is 22.7 Å². The smallest absolute Gasteiger partial charge is 0.361 e.